The lowest BCUT2D eigenvalue weighted by Crippen LogP contribution is -2.11. The minimum Gasteiger partial charge on any atom is -0.303 e. The van der Waals surface area contributed by atoms with Crippen LogP contribution in [0.5, 0.6) is 0 Å². The van der Waals surface area contributed by atoms with Gasteiger partial charge in [0, 0.05) is 11.8 Å². The number of aldehydes is 1. The third kappa shape index (κ3) is 4.14. The quantitative estimate of drug-likeness (QED) is 0.430. The number of rotatable bonds is 3. The van der Waals surface area contributed by atoms with Crippen molar-refractivity contribution in [3.63, 3.8) is 0 Å². The number of carbonyl (C=O) groups is 1. The van der Waals surface area contributed by atoms with Gasteiger partial charge in [0.05, 0.1) is 0 Å². The summed E-state index contributed by atoms with van der Waals surface area (Å²) >= 11 is 0. The topological polar surface area (TPSA) is 17.1 Å². The highest BCUT2D eigenvalue weighted by Gasteiger charge is 2.14. The fourth-order valence-electron chi connectivity index (χ4n) is 0.569. The van der Waals surface area contributed by atoms with Gasteiger partial charge in [0.15, 0.2) is 0 Å². The molecule has 0 amide bonds. The SMILES string of the molecule is CC#CCCC(C)(C)C=O. The molecule has 0 saturated carbocycles. The molecule has 0 aliphatic heterocycles. The predicted octanol–water partition coefficient (Wildman–Crippen LogP) is 2.02. The van der Waals surface area contributed by atoms with Crippen molar-refractivity contribution in [2.24, 2.45) is 5.41 Å². The van der Waals surface area contributed by atoms with Gasteiger partial charge in [-0.25, -0.2) is 0 Å². The Labute approximate surface area is 62.8 Å². The summed E-state index contributed by atoms with van der Waals surface area (Å²) in [5.41, 5.74) is -0.191. The van der Waals surface area contributed by atoms with E-state index in [1.165, 1.54) is 0 Å². The van der Waals surface area contributed by atoms with E-state index in [1.807, 2.05) is 20.8 Å². The Morgan fingerprint density at radius 3 is 2.50 bits per heavy atom. The Hall–Kier alpha value is -0.770. The largest absolute Gasteiger partial charge is 0.303 e. The van der Waals surface area contributed by atoms with Crippen LogP contribution in [0.2, 0.25) is 0 Å². The molecule has 1 heteroatoms. The fraction of sp³-hybridized carbons (Fsp3) is 0.667. The molecule has 56 valence electrons. The van der Waals surface area contributed by atoms with Crippen LogP contribution in [0, 0.1) is 17.3 Å². The molecule has 0 aliphatic rings. The summed E-state index contributed by atoms with van der Waals surface area (Å²) in [7, 11) is 0. The molecule has 0 N–H and O–H groups in total. The van der Waals surface area contributed by atoms with Crippen LogP contribution in [0.1, 0.15) is 33.6 Å². The predicted molar refractivity (Wildman–Crippen MR) is 42.5 cm³/mol. The first-order valence-corrected chi connectivity index (χ1v) is 3.48. The molecule has 0 aliphatic carbocycles. The standard InChI is InChI=1S/C9H14O/c1-4-5-6-7-9(2,3)8-10/h8H,6-7H2,1-3H3. The summed E-state index contributed by atoms with van der Waals surface area (Å²) in [6, 6.07) is 0. The molecule has 0 unspecified atom stereocenters. The Kier molecular flexibility index (Phi) is 3.79. The molecule has 0 rings (SSSR count). The molecular weight excluding hydrogens is 124 g/mol. The second-order valence-corrected chi connectivity index (χ2v) is 3.03. The summed E-state index contributed by atoms with van der Waals surface area (Å²) in [5, 5.41) is 0. The first kappa shape index (κ1) is 9.23. The van der Waals surface area contributed by atoms with Gasteiger partial charge in [-0.3, -0.25) is 0 Å². The van der Waals surface area contributed by atoms with Crippen molar-refractivity contribution in [1.82, 2.24) is 0 Å². The lowest BCUT2D eigenvalue weighted by molar-refractivity contribution is -0.114. The first-order valence-electron chi connectivity index (χ1n) is 3.48. The van der Waals surface area contributed by atoms with E-state index in [9.17, 15) is 4.79 Å². The number of carbonyl (C=O) groups excluding carboxylic acids is 1. The van der Waals surface area contributed by atoms with Crippen molar-refractivity contribution in [3.05, 3.63) is 0 Å². The highest BCUT2D eigenvalue weighted by Crippen LogP contribution is 2.17. The summed E-state index contributed by atoms with van der Waals surface area (Å²) in [6.07, 6.45) is 2.67. The zero-order chi connectivity index (χ0) is 8.04. The molecule has 1 nitrogen and oxygen atoms in total. The van der Waals surface area contributed by atoms with E-state index in [2.05, 4.69) is 11.8 Å². The smallest absolute Gasteiger partial charge is 0.125 e. The minimum absolute atomic E-state index is 0.191. The zero-order valence-corrected chi connectivity index (χ0v) is 6.90. The van der Waals surface area contributed by atoms with Gasteiger partial charge in [-0.15, -0.1) is 11.8 Å². The maximum absolute atomic E-state index is 10.4. The lowest BCUT2D eigenvalue weighted by atomic mass is 9.90. The highest BCUT2D eigenvalue weighted by atomic mass is 16.1. The molecule has 0 aromatic carbocycles. The van der Waals surface area contributed by atoms with E-state index in [1.54, 1.807) is 0 Å². The average Bonchev–Trinajstić information content (AvgIpc) is 1.89. The molecule has 0 saturated heterocycles. The first-order chi connectivity index (χ1) is 4.62. The Bertz CT molecular complexity index is 157. The van der Waals surface area contributed by atoms with Crippen molar-refractivity contribution in [1.29, 1.82) is 0 Å². The molecule has 0 fully saturated rings. The maximum atomic E-state index is 10.4. The van der Waals surface area contributed by atoms with Crippen LogP contribution in [0.4, 0.5) is 0 Å². The summed E-state index contributed by atoms with van der Waals surface area (Å²) < 4.78 is 0. The van der Waals surface area contributed by atoms with E-state index in [4.69, 9.17) is 0 Å². The van der Waals surface area contributed by atoms with E-state index < -0.39 is 0 Å². The van der Waals surface area contributed by atoms with E-state index in [0.717, 1.165) is 19.1 Å². The van der Waals surface area contributed by atoms with Gasteiger partial charge in [0.2, 0.25) is 0 Å². The fourth-order valence-corrected chi connectivity index (χ4v) is 0.569. The molecular formula is C9H14O. The maximum Gasteiger partial charge on any atom is 0.125 e. The number of hydrogen-bond donors (Lipinski definition) is 0. The van der Waals surface area contributed by atoms with Crippen LogP contribution in [-0.4, -0.2) is 6.29 Å². The van der Waals surface area contributed by atoms with Crippen molar-refractivity contribution in [2.75, 3.05) is 0 Å². The minimum atomic E-state index is -0.191. The molecule has 0 heterocycles. The molecule has 0 radical (unpaired) electrons. The van der Waals surface area contributed by atoms with Crippen molar-refractivity contribution >= 4 is 6.29 Å². The van der Waals surface area contributed by atoms with Crippen LogP contribution >= 0.6 is 0 Å². The average molecular weight is 138 g/mol. The third-order valence-corrected chi connectivity index (χ3v) is 1.39. The van der Waals surface area contributed by atoms with Crippen LogP contribution in [-0.2, 0) is 4.79 Å². The Morgan fingerprint density at radius 1 is 1.50 bits per heavy atom. The Balaban J connectivity index is 3.63. The lowest BCUT2D eigenvalue weighted by Gasteiger charge is -2.13. The second kappa shape index (κ2) is 4.11. The monoisotopic (exact) mass is 138 g/mol. The van der Waals surface area contributed by atoms with Crippen molar-refractivity contribution in [3.8, 4) is 11.8 Å². The van der Waals surface area contributed by atoms with Gasteiger partial charge >= 0.3 is 0 Å². The van der Waals surface area contributed by atoms with Crippen LogP contribution in [0.25, 0.3) is 0 Å². The van der Waals surface area contributed by atoms with Crippen molar-refractivity contribution < 1.29 is 4.79 Å². The van der Waals surface area contributed by atoms with Crippen LogP contribution in [0.15, 0.2) is 0 Å². The van der Waals surface area contributed by atoms with Gasteiger partial charge < -0.3 is 4.79 Å². The van der Waals surface area contributed by atoms with Crippen LogP contribution in [0.3, 0.4) is 0 Å². The number of hydrogen-bond acceptors (Lipinski definition) is 1. The summed E-state index contributed by atoms with van der Waals surface area (Å²) in [4.78, 5) is 10.4. The second-order valence-electron chi connectivity index (χ2n) is 3.03. The summed E-state index contributed by atoms with van der Waals surface area (Å²) in [5.74, 6) is 5.73. The van der Waals surface area contributed by atoms with Gasteiger partial charge in [-0.2, -0.15) is 0 Å². The summed E-state index contributed by atoms with van der Waals surface area (Å²) in [6.45, 7) is 5.67. The third-order valence-electron chi connectivity index (χ3n) is 1.39. The van der Waals surface area contributed by atoms with Gasteiger partial charge in [0.25, 0.3) is 0 Å². The molecule has 0 bridgehead atoms. The van der Waals surface area contributed by atoms with Crippen LogP contribution < -0.4 is 0 Å². The highest BCUT2D eigenvalue weighted by molar-refractivity contribution is 5.57. The van der Waals surface area contributed by atoms with Crippen molar-refractivity contribution in [2.45, 2.75) is 33.6 Å². The van der Waals surface area contributed by atoms with E-state index in [-0.39, 0.29) is 5.41 Å². The normalized spacial score (nSPS) is 9.90. The molecule has 0 aromatic rings. The zero-order valence-electron chi connectivity index (χ0n) is 6.90. The molecule has 10 heavy (non-hydrogen) atoms. The van der Waals surface area contributed by atoms with Gasteiger partial charge in [0.1, 0.15) is 6.29 Å². The van der Waals surface area contributed by atoms with E-state index >= 15 is 0 Å². The molecule has 0 atom stereocenters. The molecule has 0 spiro atoms. The van der Waals surface area contributed by atoms with E-state index in [0.29, 0.717) is 0 Å². The Morgan fingerprint density at radius 2 is 2.10 bits per heavy atom. The van der Waals surface area contributed by atoms with Gasteiger partial charge in [-0.05, 0) is 13.3 Å². The van der Waals surface area contributed by atoms with Gasteiger partial charge in [-0.1, -0.05) is 13.8 Å². The molecule has 0 aromatic heterocycles.